The Morgan fingerprint density at radius 2 is 1.43 bits per heavy atom. The van der Waals surface area contributed by atoms with Gasteiger partial charge in [0.2, 0.25) is 5.52 Å². The van der Waals surface area contributed by atoms with E-state index in [1.165, 1.54) is 16.3 Å². The van der Waals surface area contributed by atoms with Crippen molar-refractivity contribution in [1.29, 1.82) is 0 Å². The second kappa shape index (κ2) is 8.11. The van der Waals surface area contributed by atoms with Gasteiger partial charge in [-0.3, -0.25) is 0 Å². The molecule has 28 heavy (non-hydrogen) atoms. The summed E-state index contributed by atoms with van der Waals surface area (Å²) in [5.74, 6) is 2.43. The molecule has 2 aromatic carbocycles. The highest BCUT2D eigenvalue weighted by Crippen LogP contribution is 2.33. The van der Waals surface area contributed by atoms with E-state index in [4.69, 9.17) is 14.2 Å². The molecular formula is C23H24ClNO3. The van der Waals surface area contributed by atoms with Crippen LogP contribution in [0.25, 0.3) is 27.1 Å². The minimum Gasteiger partial charge on any atom is -1.00 e. The van der Waals surface area contributed by atoms with Crippen molar-refractivity contribution in [2.45, 2.75) is 19.8 Å². The highest BCUT2D eigenvalue weighted by atomic mass is 35.5. The molecule has 4 aromatic rings. The molecule has 0 bridgehead atoms. The standard InChI is InChI=1S/C23H24NO3.ClH/c1-5-6-16-9-19-15(11-21(16)25-2)7-8-24-14-18-13-23(27-4)22(26-3)12-17(18)10-20(19)24;/h7-14H,5-6H2,1-4H3;1H/q+1;/p-1. The number of hydrogen-bond acceptors (Lipinski definition) is 3. The normalized spacial score (nSPS) is 10.9. The Morgan fingerprint density at radius 3 is 2.07 bits per heavy atom. The first-order valence-electron chi connectivity index (χ1n) is 9.19. The van der Waals surface area contributed by atoms with Crippen LogP contribution in [0.1, 0.15) is 18.9 Å². The van der Waals surface area contributed by atoms with Crippen LogP contribution in [0.3, 0.4) is 0 Å². The number of rotatable bonds is 5. The van der Waals surface area contributed by atoms with Gasteiger partial charge in [-0.25, -0.2) is 0 Å². The molecule has 0 radical (unpaired) electrons. The van der Waals surface area contributed by atoms with E-state index in [1.807, 2.05) is 12.1 Å². The molecule has 0 spiro atoms. The molecule has 0 aliphatic heterocycles. The van der Waals surface area contributed by atoms with Crippen molar-refractivity contribution < 1.29 is 31.0 Å². The van der Waals surface area contributed by atoms with Crippen LogP contribution < -0.4 is 31.0 Å². The van der Waals surface area contributed by atoms with E-state index >= 15 is 0 Å². The van der Waals surface area contributed by atoms with Crippen molar-refractivity contribution in [2.75, 3.05) is 21.3 Å². The summed E-state index contributed by atoms with van der Waals surface area (Å²) in [7, 11) is 5.06. The monoisotopic (exact) mass is 397 g/mol. The number of methoxy groups -OCH3 is 3. The van der Waals surface area contributed by atoms with Gasteiger partial charge < -0.3 is 26.6 Å². The number of halogens is 1. The molecular weight excluding hydrogens is 374 g/mol. The molecule has 0 amide bonds. The van der Waals surface area contributed by atoms with Gasteiger partial charge in [0.15, 0.2) is 23.9 Å². The largest absolute Gasteiger partial charge is 1.00 e. The fraction of sp³-hybridized carbons (Fsp3) is 0.261. The maximum atomic E-state index is 5.61. The fourth-order valence-corrected chi connectivity index (χ4v) is 3.74. The number of hydrogen-bond donors (Lipinski definition) is 0. The molecule has 0 atom stereocenters. The Hall–Kier alpha value is -2.72. The number of pyridine rings is 2. The summed E-state index contributed by atoms with van der Waals surface area (Å²) in [5.41, 5.74) is 2.40. The van der Waals surface area contributed by atoms with Crippen LogP contribution >= 0.6 is 0 Å². The maximum Gasteiger partial charge on any atom is 0.219 e. The first-order chi connectivity index (χ1) is 13.2. The number of nitrogens with zero attached hydrogens (tertiary/aromatic N) is 1. The highest BCUT2D eigenvalue weighted by Gasteiger charge is 2.15. The lowest BCUT2D eigenvalue weighted by Crippen LogP contribution is -3.00. The summed E-state index contributed by atoms with van der Waals surface area (Å²) >= 11 is 0. The van der Waals surface area contributed by atoms with Gasteiger partial charge in [0, 0.05) is 12.1 Å². The molecule has 5 heteroatoms. The zero-order valence-corrected chi connectivity index (χ0v) is 17.3. The SMILES string of the molecule is CCCc1cc2c(cc[n+]3cc4cc(OC)c(OC)cc4cc23)cc1OC.[Cl-]. The molecule has 0 fully saturated rings. The van der Waals surface area contributed by atoms with Crippen molar-refractivity contribution in [3.8, 4) is 17.2 Å². The molecule has 2 aromatic heterocycles. The van der Waals surface area contributed by atoms with Gasteiger partial charge in [-0.1, -0.05) is 13.3 Å². The number of benzene rings is 2. The Balaban J connectivity index is 0.00000225. The van der Waals surface area contributed by atoms with Crippen LogP contribution in [0.2, 0.25) is 0 Å². The fourth-order valence-electron chi connectivity index (χ4n) is 3.74. The number of ether oxygens (including phenoxy) is 3. The van der Waals surface area contributed by atoms with Crippen molar-refractivity contribution in [3.63, 3.8) is 0 Å². The lowest BCUT2D eigenvalue weighted by Gasteiger charge is -2.11. The van der Waals surface area contributed by atoms with Gasteiger partial charge in [0.1, 0.15) is 5.75 Å². The van der Waals surface area contributed by atoms with E-state index in [-0.39, 0.29) is 12.4 Å². The second-order valence-corrected chi connectivity index (χ2v) is 6.72. The maximum absolute atomic E-state index is 5.61. The summed E-state index contributed by atoms with van der Waals surface area (Å²) in [4.78, 5) is 0. The quantitative estimate of drug-likeness (QED) is 0.292. The van der Waals surface area contributed by atoms with E-state index in [0.717, 1.165) is 46.4 Å². The van der Waals surface area contributed by atoms with Crippen molar-refractivity contribution >= 4 is 27.1 Å². The van der Waals surface area contributed by atoms with E-state index < -0.39 is 0 Å². The summed E-state index contributed by atoms with van der Waals surface area (Å²) in [6.45, 7) is 2.19. The average Bonchev–Trinajstić information content (AvgIpc) is 2.71. The third kappa shape index (κ3) is 3.29. The zero-order valence-electron chi connectivity index (χ0n) is 16.6. The van der Waals surface area contributed by atoms with Crippen LogP contribution in [-0.4, -0.2) is 21.3 Å². The predicted octanol–water partition coefficient (Wildman–Crippen LogP) is 1.71. The van der Waals surface area contributed by atoms with Crippen LogP contribution in [0.5, 0.6) is 17.2 Å². The summed E-state index contributed by atoms with van der Waals surface area (Å²) in [5, 5.41) is 4.62. The van der Waals surface area contributed by atoms with Crippen LogP contribution in [0, 0.1) is 0 Å². The summed E-state index contributed by atoms with van der Waals surface area (Å²) in [6, 6.07) is 12.8. The molecule has 4 rings (SSSR count). The molecule has 0 N–H and O–H groups in total. The third-order valence-corrected chi connectivity index (χ3v) is 5.10. The van der Waals surface area contributed by atoms with Gasteiger partial charge in [0.25, 0.3) is 0 Å². The zero-order chi connectivity index (χ0) is 19.0. The lowest BCUT2D eigenvalue weighted by molar-refractivity contribution is -0.509. The molecule has 0 aliphatic carbocycles. The van der Waals surface area contributed by atoms with E-state index in [0.29, 0.717) is 0 Å². The second-order valence-electron chi connectivity index (χ2n) is 6.72. The molecule has 2 heterocycles. The average molecular weight is 398 g/mol. The van der Waals surface area contributed by atoms with Gasteiger partial charge in [-0.15, -0.1) is 0 Å². The van der Waals surface area contributed by atoms with Gasteiger partial charge in [-0.2, -0.15) is 4.40 Å². The molecule has 0 saturated heterocycles. The Labute approximate surface area is 171 Å². The van der Waals surface area contributed by atoms with E-state index in [2.05, 4.69) is 48.0 Å². The van der Waals surface area contributed by atoms with E-state index in [9.17, 15) is 0 Å². The first-order valence-corrected chi connectivity index (χ1v) is 9.19. The molecule has 146 valence electrons. The van der Waals surface area contributed by atoms with Gasteiger partial charge in [0.05, 0.1) is 32.1 Å². The van der Waals surface area contributed by atoms with Gasteiger partial charge >= 0.3 is 0 Å². The highest BCUT2D eigenvalue weighted by molar-refractivity contribution is 5.98. The lowest BCUT2D eigenvalue weighted by atomic mass is 10.0. The molecule has 4 nitrogen and oxygen atoms in total. The van der Waals surface area contributed by atoms with Crippen LogP contribution in [0.4, 0.5) is 0 Å². The molecule has 0 aliphatic rings. The Morgan fingerprint density at radius 1 is 0.786 bits per heavy atom. The molecule has 0 saturated carbocycles. The summed E-state index contributed by atoms with van der Waals surface area (Å²) < 4.78 is 18.7. The van der Waals surface area contributed by atoms with E-state index in [1.54, 1.807) is 21.3 Å². The minimum absolute atomic E-state index is 0. The van der Waals surface area contributed by atoms with Crippen LogP contribution in [-0.2, 0) is 6.42 Å². The number of aromatic nitrogens is 1. The Kier molecular flexibility index (Phi) is 5.80. The minimum atomic E-state index is 0. The first kappa shape index (κ1) is 20.0. The van der Waals surface area contributed by atoms with Crippen molar-refractivity contribution in [3.05, 3.63) is 54.4 Å². The topological polar surface area (TPSA) is 31.8 Å². The third-order valence-electron chi connectivity index (χ3n) is 5.10. The predicted molar refractivity (Wildman–Crippen MR) is 108 cm³/mol. The molecule has 0 unspecified atom stereocenters. The number of aryl methyl sites for hydroxylation is 1. The Bertz CT molecular complexity index is 1160. The van der Waals surface area contributed by atoms with Gasteiger partial charge in [-0.05, 0) is 47.0 Å². The van der Waals surface area contributed by atoms with Crippen molar-refractivity contribution in [1.82, 2.24) is 0 Å². The number of fused-ring (bicyclic) bond motifs is 4. The van der Waals surface area contributed by atoms with Crippen LogP contribution in [0.15, 0.2) is 48.8 Å². The van der Waals surface area contributed by atoms with Crippen molar-refractivity contribution in [2.24, 2.45) is 0 Å². The smallest absolute Gasteiger partial charge is 0.219 e. The summed E-state index contributed by atoms with van der Waals surface area (Å²) in [6.07, 6.45) is 6.31.